The third-order valence-corrected chi connectivity index (χ3v) is 5.47. The first-order chi connectivity index (χ1) is 14.9. The van der Waals surface area contributed by atoms with Gasteiger partial charge >= 0.3 is 6.18 Å². The number of amides is 2. The average Bonchev–Trinajstić information content (AvgIpc) is 2.70. The molecule has 0 saturated carbocycles. The topological polar surface area (TPSA) is 145 Å². The number of aliphatic hydroxyl groups is 1. The zero-order valence-electron chi connectivity index (χ0n) is 17.3. The number of ether oxygens (including phenoxy) is 1. The fourth-order valence-corrected chi connectivity index (χ4v) is 3.46. The van der Waals surface area contributed by atoms with E-state index < -0.39 is 29.2 Å². The second-order valence-corrected chi connectivity index (χ2v) is 7.49. The Kier molecular flexibility index (Phi) is 6.11. The van der Waals surface area contributed by atoms with Crippen molar-refractivity contribution in [1.29, 1.82) is 0 Å². The molecule has 5 N–H and O–H groups in total. The zero-order chi connectivity index (χ0) is 23.8. The number of aromatic nitrogens is 2. The van der Waals surface area contributed by atoms with Crippen LogP contribution < -0.4 is 11.5 Å². The molecule has 0 aliphatic carbocycles. The number of anilines is 1. The molecule has 12 heteroatoms. The summed E-state index contributed by atoms with van der Waals surface area (Å²) in [6, 6.07) is 3.02. The number of primary amides is 1. The van der Waals surface area contributed by atoms with Gasteiger partial charge in [-0.25, -0.2) is 9.97 Å². The van der Waals surface area contributed by atoms with Gasteiger partial charge in [-0.15, -0.1) is 0 Å². The molecular weight excluding hydrogens is 431 g/mol. The summed E-state index contributed by atoms with van der Waals surface area (Å²) in [6.45, 7) is 2.40. The van der Waals surface area contributed by atoms with E-state index >= 15 is 0 Å². The predicted octanol–water partition coefficient (Wildman–Crippen LogP) is 1.13. The SMILES string of the molecule is COCC1CCN1C(=O)c1nc(-c2cc(C(O)(C(N)=O)C(F)(F)F)ccc2C)cnc1N. The molecule has 32 heavy (non-hydrogen) atoms. The number of carbonyl (C=O) groups excluding carboxylic acids is 2. The Hall–Kier alpha value is -3.25. The van der Waals surface area contributed by atoms with Crippen LogP contribution in [0.2, 0.25) is 0 Å². The molecule has 1 fully saturated rings. The fourth-order valence-electron chi connectivity index (χ4n) is 3.46. The molecule has 1 aromatic carbocycles. The largest absolute Gasteiger partial charge is 0.430 e. The number of nitrogens with zero attached hydrogens (tertiary/aromatic N) is 3. The maximum absolute atomic E-state index is 13.5. The van der Waals surface area contributed by atoms with E-state index in [0.717, 1.165) is 18.6 Å². The third-order valence-electron chi connectivity index (χ3n) is 5.47. The number of hydrogen-bond donors (Lipinski definition) is 3. The Balaban J connectivity index is 2.06. The molecule has 2 aromatic rings. The highest BCUT2D eigenvalue weighted by Crippen LogP contribution is 2.40. The summed E-state index contributed by atoms with van der Waals surface area (Å²) < 4.78 is 45.5. The van der Waals surface area contributed by atoms with Gasteiger partial charge in [-0.3, -0.25) is 9.59 Å². The summed E-state index contributed by atoms with van der Waals surface area (Å²) in [7, 11) is 1.51. The molecule has 3 rings (SSSR count). The Labute approximate surface area is 181 Å². The monoisotopic (exact) mass is 453 g/mol. The minimum atomic E-state index is -5.35. The molecule has 1 aliphatic rings. The Morgan fingerprint density at radius 1 is 1.34 bits per heavy atom. The van der Waals surface area contributed by atoms with Crippen molar-refractivity contribution < 1.29 is 32.6 Å². The minimum Gasteiger partial charge on any atom is -0.383 e. The lowest BCUT2D eigenvalue weighted by molar-refractivity contribution is -0.255. The van der Waals surface area contributed by atoms with E-state index in [2.05, 4.69) is 9.97 Å². The lowest BCUT2D eigenvalue weighted by atomic mass is 9.89. The van der Waals surface area contributed by atoms with Gasteiger partial charge < -0.3 is 26.2 Å². The highest BCUT2D eigenvalue weighted by atomic mass is 19.4. The number of nitrogens with two attached hydrogens (primary N) is 2. The standard InChI is InChI=1S/C20H22F3N5O4/c1-10-3-4-11(19(31,18(25)30)20(21,22)23)7-13(10)14-8-26-16(24)15(27-14)17(29)28-6-5-12(28)9-32-2/h3-4,7-8,12,31H,5-6,9H2,1-2H3,(H2,24,26)(H2,25,30). The summed E-state index contributed by atoms with van der Waals surface area (Å²) in [5, 5.41) is 10.1. The van der Waals surface area contributed by atoms with E-state index in [9.17, 15) is 27.9 Å². The number of hydrogen-bond acceptors (Lipinski definition) is 7. The zero-order valence-corrected chi connectivity index (χ0v) is 17.3. The second-order valence-electron chi connectivity index (χ2n) is 7.49. The molecule has 0 bridgehead atoms. The summed E-state index contributed by atoms with van der Waals surface area (Å²) in [4.78, 5) is 34.1. The van der Waals surface area contributed by atoms with Crippen molar-refractivity contribution in [1.82, 2.24) is 14.9 Å². The number of likely N-dealkylation sites (tertiary alicyclic amines) is 1. The van der Waals surface area contributed by atoms with Crippen LogP contribution >= 0.6 is 0 Å². The van der Waals surface area contributed by atoms with Crippen LogP contribution in [0.25, 0.3) is 11.3 Å². The predicted molar refractivity (Wildman–Crippen MR) is 107 cm³/mol. The van der Waals surface area contributed by atoms with Gasteiger partial charge in [0.2, 0.25) is 0 Å². The van der Waals surface area contributed by atoms with Crippen LogP contribution in [0, 0.1) is 6.92 Å². The van der Waals surface area contributed by atoms with E-state index in [1.807, 2.05) is 0 Å². The maximum Gasteiger partial charge on any atom is 0.430 e. The molecule has 1 aliphatic heterocycles. The van der Waals surface area contributed by atoms with Crippen molar-refractivity contribution in [2.75, 3.05) is 26.0 Å². The molecule has 2 atom stereocenters. The van der Waals surface area contributed by atoms with E-state index in [4.69, 9.17) is 16.2 Å². The van der Waals surface area contributed by atoms with Crippen molar-refractivity contribution in [3.05, 3.63) is 41.2 Å². The highest BCUT2D eigenvalue weighted by molar-refractivity contribution is 5.97. The summed E-state index contributed by atoms with van der Waals surface area (Å²) in [5.74, 6) is -2.59. The minimum absolute atomic E-state index is 0.0414. The second kappa shape index (κ2) is 8.36. The van der Waals surface area contributed by atoms with Gasteiger partial charge in [-0.1, -0.05) is 12.1 Å². The molecule has 2 unspecified atom stereocenters. The van der Waals surface area contributed by atoms with Crippen LogP contribution in [0.5, 0.6) is 0 Å². The van der Waals surface area contributed by atoms with E-state index in [1.165, 1.54) is 24.3 Å². The highest BCUT2D eigenvalue weighted by Gasteiger charge is 2.60. The first-order valence-electron chi connectivity index (χ1n) is 9.54. The number of halogens is 3. The maximum atomic E-state index is 13.5. The van der Waals surface area contributed by atoms with Crippen molar-refractivity contribution in [3.63, 3.8) is 0 Å². The Morgan fingerprint density at radius 2 is 2.03 bits per heavy atom. The summed E-state index contributed by atoms with van der Waals surface area (Å²) in [5.41, 5.74) is 6.49. The van der Waals surface area contributed by atoms with E-state index in [0.29, 0.717) is 18.7 Å². The van der Waals surface area contributed by atoms with Gasteiger partial charge in [0, 0.05) is 24.8 Å². The Morgan fingerprint density at radius 3 is 2.56 bits per heavy atom. The van der Waals surface area contributed by atoms with Gasteiger partial charge in [0.25, 0.3) is 17.4 Å². The number of aryl methyl sites for hydroxylation is 1. The molecule has 2 amide bonds. The van der Waals surface area contributed by atoms with Crippen LogP contribution in [-0.2, 0) is 15.1 Å². The average molecular weight is 453 g/mol. The number of benzene rings is 1. The van der Waals surface area contributed by atoms with Crippen LogP contribution in [0.4, 0.5) is 19.0 Å². The first-order valence-corrected chi connectivity index (χ1v) is 9.54. The van der Waals surface area contributed by atoms with Crippen LogP contribution in [-0.4, -0.2) is 64.3 Å². The lowest BCUT2D eigenvalue weighted by Gasteiger charge is -2.40. The first kappa shape index (κ1) is 23.4. The lowest BCUT2D eigenvalue weighted by Crippen LogP contribution is -2.53. The van der Waals surface area contributed by atoms with Crippen LogP contribution in [0.15, 0.2) is 24.4 Å². The summed E-state index contributed by atoms with van der Waals surface area (Å²) in [6.07, 6.45) is -3.41. The van der Waals surface area contributed by atoms with Crippen molar-refractivity contribution in [2.45, 2.75) is 31.2 Å². The van der Waals surface area contributed by atoms with Gasteiger partial charge in [-0.2, -0.15) is 13.2 Å². The van der Waals surface area contributed by atoms with Crippen LogP contribution in [0.3, 0.4) is 0 Å². The Bertz CT molecular complexity index is 1060. The quantitative estimate of drug-likeness (QED) is 0.595. The van der Waals surface area contributed by atoms with Crippen molar-refractivity contribution in [2.24, 2.45) is 5.73 Å². The molecular formula is C20H22F3N5O4. The molecule has 1 aromatic heterocycles. The number of methoxy groups -OCH3 is 1. The number of carbonyl (C=O) groups is 2. The van der Waals surface area contributed by atoms with Crippen LogP contribution in [0.1, 0.15) is 28.0 Å². The molecule has 2 heterocycles. The van der Waals surface area contributed by atoms with Crippen molar-refractivity contribution in [3.8, 4) is 11.3 Å². The van der Waals surface area contributed by atoms with Gasteiger partial charge in [0.05, 0.1) is 24.5 Å². The number of rotatable bonds is 6. The van der Waals surface area contributed by atoms with E-state index in [1.54, 1.807) is 6.92 Å². The third kappa shape index (κ3) is 3.86. The normalized spacial score (nSPS) is 18.1. The molecule has 9 nitrogen and oxygen atoms in total. The smallest absolute Gasteiger partial charge is 0.383 e. The molecule has 172 valence electrons. The number of nitrogen functional groups attached to an aromatic ring is 1. The van der Waals surface area contributed by atoms with Gasteiger partial charge in [0.15, 0.2) is 11.5 Å². The molecule has 0 radical (unpaired) electrons. The van der Waals surface area contributed by atoms with Gasteiger partial charge in [-0.05, 0) is 25.0 Å². The molecule has 0 spiro atoms. The fraction of sp³-hybridized carbons (Fsp3) is 0.400. The summed E-state index contributed by atoms with van der Waals surface area (Å²) >= 11 is 0. The van der Waals surface area contributed by atoms with Crippen molar-refractivity contribution >= 4 is 17.6 Å². The van der Waals surface area contributed by atoms with E-state index in [-0.39, 0.29) is 28.8 Å². The molecule has 1 saturated heterocycles. The van der Waals surface area contributed by atoms with Gasteiger partial charge in [0.1, 0.15) is 0 Å². The number of alkyl halides is 3.